The summed E-state index contributed by atoms with van der Waals surface area (Å²) in [5.41, 5.74) is 0.838. The number of halogens is 4. The highest BCUT2D eigenvalue weighted by molar-refractivity contribution is 8.00. The molecule has 1 aliphatic rings. The highest BCUT2D eigenvalue weighted by Crippen LogP contribution is 2.33. The van der Waals surface area contributed by atoms with Crippen molar-refractivity contribution in [3.63, 3.8) is 0 Å². The SMILES string of the molecule is Cc1[nH]nc2nc(-c3ccc(NSc4cc(C(F)(F)F)ccn4)c(F)c3)nc(OC3CCN(C)CC3)c12. The van der Waals surface area contributed by atoms with Gasteiger partial charge in [0.2, 0.25) is 5.88 Å². The van der Waals surface area contributed by atoms with Crippen molar-refractivity contribution in [1.29, 1.82) is 0 Å². The van der Waals surface area contributed by atoms with Gasteiger partial charge in [-0.2, -0.15) is 23.3 Å². The lowest BCUT2D eigenvalue weighted by molar-refractivity contribution is -0.137. The van der Waals surface area contributed by atoms with Gasteiger partial charge in [-0.1, -0.05) is 0 Å². The molecule has 1 aromatic carbocycles. The van der Waals surface area contributed by atoms with E-state index in [2.05, 4.69) is 41.8 Å². The molecule has 8 nitrogen and oxygen atoms in total. The predicted molar refractivity (Wildman–Crippen MR) is 132 cm³/mol. The number of fused-ring (bicyclic) bond motifs is 1. The molecule has 2 N–H and O–H groups in total. The average Bonchev–Trinajstić information content (AvgIpc) is 3.25. The Bertz CT molecular complexity index is 1420. The fourth-order valence-corrected chi connectivity index (χ4v) is 4.67. The number of anilines is 1. The highest BCUT2D eigenvalue weighted by atomic mass is 32.2. The zero-order chi connectivity index (χ0) is 26.2. The maximum Gasteiger partial charge on any atom is 0.416 e. The smallest absolute Gasteiger partial charge is 0.416 e. The van der Waals surface area contributed by atoms with Crippen molar-refractivity contribution >= 4 is 28.7 Å². The zero-order valence-electron chi connectivity index (χ0n) is 19.9. The standard InChI is InChI=1S/C24H23F4N7OS/c1-13-20-22(33-32-13)30-21(31-23(20)36-16-6-9-35(2)10-7-16)14-3-4-18(17(25)11-14)34-37-19-12-15(5-8-29-19)24(26,27)28/h3-5,8,11-12,16,34H,6-7,9-10H2,1-2H3,(H,30,31,32,33). The summed E-state index contributed by atoms with van der Waals surface area (Å²) in [7, 11) is 2.07. The number of piperidine rings is 1. The van der Waals surface area contributed by atoms with Crippen LogP contribution in [0.2, 0.25) is 0 Å². The van der Waals surface area contributed by atoms with Crippen LogP contribution in [0.25, 0.3) is 22.4 Å². The first-order valence-corrected chi connectivity index (χ1v) is 12.3. The van der Waals surface area contributed by atoms with Gasteiger partial charge in [-0.3, -0.25) is 5.10 Å². The Morgan fingerprint density at radius 3 is 2.65 bits per heavy atom. The van der Waals surface area contributed by atoms with E-state index >= 15 is 0 Å². The number of hydrogen-bond acceptors (Lipinski definition) is 8. The van der Waals surface area contributed by atoms with E-state index in [0.717, 1.165) is 61.9 Å². The summed E-state index contributed by atoms with van der Waals surface area (Å²) in [5.74, 6) is 0.0193. The summed E-state index contributed by atoms with van der Waals surface area (Å²) in [4.78, 5) is 15.2. The van der Waals surface area contributed by atoms with Crippen molar-refractivity contribution in [2.24, 2.45) is 0 Å². The minimum absolute atomic E-state index is 0.00115. The molecule has 1 saturated heterocycles. The Balaban J connectivity index is 1.37. The number of rotatable bonds is 6. The van der Waals surface area contributed by atoms with Gasteiger partial charge in [0, 0.05) is 42.5 Å². The number of H-pyrrole nitrogens is 1. The van der Waals surface area contributed by atoms with Crippen molar-refractivity contribution in [3.8, 4) is 17.3 Å². The molecule has 1 aliphatic heterocycles. The van der Waals surface area contributed by atoms with E-state index in [1.54, 1.807) is 6.07 Å². The molecule has 37 heavy (non-hydrogen) atoms. The van der Waals surface area contributed by atoms with E-state index in [1.165, 1.54) is 12.1 Å². The zero-order valence-corrected chi connectivity index (χ0v) is 20.8. The van der Waals surface area contributed by atoms with Crippen LogP contribution in [-0.4, -0.2) is 56.3 Å². The molecule has 3 aromatic heterocycles. The van der Waals surface area contributed by atoms with Crippen molar-refractivity contribution in [1.82, 2.24) is 30.0 Å². The molecule has 0 unspecified atom stereocenters. The van der Waals surface area contributed by atoms with Crippen LogP contribution in [0.3, 0.4) is 0 Å². The molecule has 0 bridgehead atoms. The Morgan fingerprint density at radius 2 is 1.92 bits per heavy atom. The molecule has 0 atom stereocenters. The molecule has 13 heteroatoms. The minimum Gasteiger partial charge on any atom is -0.474 e. The van der Waals surface area contributed by atoms with Gasteiger partial charge in [-0.25, -0.2) is 14.4 Å². The summed E-state index contributed by atoms with van der Waals surface area (Å²) < 4.78 is 62.7. The third-order valence-corrected chi connectivity index (χ3v) is 6.81. The van der Waals surface area contributed by atoms with Crippen LogP contribution in [0.1, 0.15) is 24.1 Å². The van der Waals surface area contributed by atoms with Gasteiger partial charge in [0.05, 0.1) is 11.3 Å². The molecule has 4 aromatic rings. The van der Waals surface area contributed by atoms with Crippen LogP contribution in [0.4, 0.5) is 23.2 Å². The fourth-order valence-electron chi connectivity index (χ4n) is 3.99. The lowest BCUT2D eigenvalue weighted by Gasteiger charge is -2.29. The van der Waals surface area contributed by atoms with E-state index in [0.29, 0.717) is 22.5 Å². The van der Waals surface area contributed by atoms with Gasteiger partial charge in [0.1, 0.15) is 22.3 Å². The van der Waals surface area contributed by atoms with Gasteiger partial charge in [0.25, 0.3) is 0 Å². The molecule has 5 rings (SSSR count). The number of benzene rings is 1. The number of alkyl halides is 3. The number of aromatic nitrogens is 5. The first-order valence-electron chi connectivity index (χ1n) is 11.5. The van der Waals surface area contributed by atoms with E-state index < -0.39 is 17.6 Å². The molecular weight excluding hydrogens is 510 g/mol. The molecule has 0 spiro atoms. The number of ether oxygens (including phenoxy) is 1. The molecule has 194 valence electrons. The molecule has 0 amide bonds. The molecule has 0 saturated carbocycles. The lowest BCUT2D eigenvalue weighted by atomic mass is 10.1. The predicted octanol–water partition coefficient (Wildman–Crippen LogP) is 5.47. The number of aromatic amines is 1. The second kappa shape index (κ2) is 10.1. The third-order valence-electron chi connectivity index (χ3n) is 6.06. The molecule has 0 radical (unpaired) electrons. The number of pyridine rings is 1. The quantitative estimate of drug-likeness (QED) is 0.249. The van der Waals surface area contributed by atoms with Crippen LogP contribution in [0.5, 0.6) is 5.88 Å². The first-order chi connectivity index (χ1) is 17.7. The van der Waals surface area contributed by atoms with Crippen molar-refractivity contribution in [2.45, 2.75) is 37.1 Å². The Hall–Kier alpha value is -3.45. The molecule has 4 heterocycles. The van der Waals surface area contributed by atoms with Crippen LogP contribution in [-0.2, 0) is 6.18 Å². The minimum atomic E-state index is -4.49. The number of aryl methyl sites for hydroxylation is 1. The van der Waals surface area contributed by atoms with Gasteiger partial charge in [-0.05, 0) is 57.1 Å². The van der Waals surface area contributed by atoms with Gasteiger partial charge >= 0.3 is 6.18 Å². The number of nitrogens with one attached hydrogen (secondary N) is 2. The molecular formula is C24H23F4N7OS. The van der Waals surface area contributed by atoms with Crippen LogP contribution < -0.4 is 9.46 Å². The summed E-state index contributed by atoms with van der Waals surface area (Å²) in [5, 5.41) is 7.88. The second-order valence-electron chi connectivity index (χ2n) is 8.80. The maximum atomic E-state index is 14.9. The largest absolute Gasteiger partial charge is 0.474 e. The van der Waals surface area contributed by atoms with Gasteiger partial charge in [0.15, 0.2) is 11.5 Å². The van der Waals surface area contributed by atoms with Crippen LogP contribution in [0.15, 0.2) is 41.6 Å². The van der Waals surface area contributed by atoms with Gasteiger partial charge in [-0.15, -0.1) is 0 Å². The van der Waals surface area contributed by atoms with Gasteiger partial charge < -0.3 is 14.4 Å². The third kappa shape index (κ3) is 5.62. The highest BCUT2D eigenvalue weighted by Gasteiger charge is 2.30. The van der Waals surface area contributed by atoms with Crippen LogP contribution in [0, 0.1) is 12.7 Å². The second-order valence-corrected chi connectivity index (χ2v) is 9.63. The first kappa shape index (κ1) is 25.2. The Labute approximate surface area is 214 Å². The Kier molecular flexibility index (Phi) is 6.90. The number of hydrogen-bond donors (Lipinski definition) is 2. The maximum absolute atomic E-state index is 14.9. The number of nitrogens with zero attached hydrogens (tertiary/aromatic N) is 5. The lowest BCUT2D eigenvalue weighted by Crippen LogP contribution is -2.35. The van der Waals surface area contributed by atoms with Crippen molar-refractivity contribution in [3.05, 3.63) is 53.6 Å². The van der Waals surface area contributed by atoms with E-state index in [1.807, 2.05) is 6.92 Å². The van der Waals surface area contributed by atoms with E-state index in [4.69, 9.17) is 4.74 Å². The number of likely N-dealkylation sites (tertiary alicyclic amines) is 1. The van der Waals surface area contributed by atoms with Crippen LogP contribution >= 0.6 is 11.9 Å². The summed E-state index contributed by atoms with van der Waals surface area (Å²) >= 11 is 0.776. The summed E-state index contributed by atoms with van der Waals surface area (Å²) in [6, 6.07) is 6.10. The Morgan fingerprint density at radius 1 is 1.14 bits per heavy atom. The average molecular weight is 534 g/mol. The normalized spacial score (nSPS) is 15.3. The van der Waals surface area contributed by atoms with Crippen molar-refractivity contribution < 1.29 is 22.3 Å². The monoisotopic (exact) mass is 533 g/mol. The summed E-state index contributed by atoms with van der Waals surface area (Å²) in [6.07, 6.45) is -1.71. The molecule has 0 aliphatic carbocycles. The fraction of sp³-hybridized carbons (Fsp3) is 0.333. The molecule has 1 fully saturated rings. The van der Waals surface area contributed by atoms with E-state index in [-0.39, 0.29) is 22.6 Å². The topological polar surface area (TPSA) is 91.9 Å². The van der Waals surface area contributed by atoms with Crippen molar-refractivity contribution in [2.75, 3.05) is 24.9 Å². The summed E-state index contributed by atoms with van der Waals surface area (Å²) in [6.45, 7) is 3.70. The van der Waals surface area contributed by atoms with E-state index in [9.17, 15) is 17.6 Å².